The largest absolute Gasteiger partial charge is 0.364 e. The van der Waals surface area contributed by atoms with Gasteiger partial charge in [0.2, 0.25) is 5.95 Å². The third-order valence-corrected chi connectivity index (χ3v) is 3.41. The molecule has 0 saturated heterocycles. The first kappa shape index (κ1) is 15.3. The number of rotatable bonds is 5. The van der Waals surface area contributed by atoms with Gasteiger partial charge in [-0.3, -0.25) is 0 Å². The van der Waals surface area contributed by atoms with Crippen LogP contribution in [0.1, 0.15) is 26.3 Å². The van der Waals surface area contributed by atoms with Crippen molar-refractivity contribution >= 4 is 22.7 Å². The van der Waals surface area contributed by atoms with Crippen LogP contribution < -0.4 is 10.6 Å². The Hall–Kier alpha value is -2.63. The Labute approximate surface area is 135 Å². The fraction of sp³-hybridized carbons (Fsp3) is 0.353. The van der Waals surface area contributed by atoms with E-state index in [-0.39, 0.29) is 5.54 Å². The van der Waals surface area contributed by atoms with Gasteiger partial charge in [-0.15, -0.1) is 5.10 Å². The van der Waals surface area contributed by atoms with Crippen LogP contribution in [-0.2, 0) is 6.42 Å². The van der Waals surface area contributed by atoms with Crippen molar-refractivity contribution in [3.8, 4) is 0 Å². The SMILES string of the molecule is CC(C)(C)Nc1cnnc(NCCc2c[nH]c3ccccc23)n1. The van der Waals surface area contributed by atoms with E-state index in [0.29, 0.717) is 5.95 Å². The van der Waals surface area contributed by atoms with Gasteiger partial charge >= 0.3 is 0 Å². The van der Waals surface area contributed by atoms with E-state index in [4.69, 9.17) is 0 Å². The molecule has 120 valence electrons. The lowest BCUT2D eigenvalue weighted by Gasteiger charge is -2.20. The standard InChI is InChI=1S/C17H22N6/c1-17(2,3)22-15-11-20-23-16(21-15)18-9-8-12-10-19-14-7-5-4-6-13(12)14/h4-7,10-11,19H,8-9H2,1-3H3,(H2,18,21,22,23). The summed E-state index contributed by atoms with van der Waals surface area (Å²) in [6, 6.07) is 8.31. The maximum atomic E-state index is 4.44. The summed E-state index contributed by atoms with van der Waals surface area (Å²) >= 11 is 0. The number of nitrogens with one attached hydrogen (secondary N) is 3. The molecule has 1 aromatic carbocycles. The number of hydrogen-bond donors (Lipinski definition) is 3. The molecule has 3 aromatic rings. The lowest BCUT2D eigenvalue weighted by atomic mass is 10.1. The Morgan fingerprint density at radius 1 is 1.17 bits per heavy atom. The predicted octanol–water partition coefficient (Wildman–Crippen LogP) is 3.22. The molecule has 0 aliphatic rings. The third-order valence-electron chi connectivity index (χ3n) is 3.41. The number of para-hydroxylation sites is 1. The van der Waals surface area contributed by atoms with Crippen LogP contribution in [-0.4, -0.2) is 32.2 Å². The summed E-state index contributed by atoms with van der Waals surface area (Å²) in [7, 11) is 0. The highest BCUT2D eigenvalue weighted by Crippen LogP contribution is 2.18. The highest BCUT2D eigenvalue weighted by atomic mass is 15.3. The van der Waals surface area contributed by atoms with Gasteiger partial charge in [0, 0.05) is 29.2 Å². The third kappa shape index (κ3) is 3.97. The minimum absolute atomic E-state index is 0.0582. The lowest BCUT2D eigenvalue weighted by molar-refractivity contribution is 0.629. The molecule has 6 heteroatoms. The zero-order chi connectivity index (χ0) is 16.3. The number of nitrogens with zero attached hydrogens (tertiary/aromatic N) is 3. The van der Waals surface area contributed by atoms with Crippen molar-refractivity contribution in [1.29, 1.82) is 0 Å². The van der Waals surface area contributed by atoms with E-state index in [1.807, 2.05) is 6.07 Å². The smallest absolute Gasteiger partial charge is 0.244 e. The molecular weight excluding hydrogens is 288 g/mol. The maximum absolute atomic E-state index is 4.44. The Morgan fingerprint density at radius 3 is 2.83 bits per heavy atom. The van der Waals surface area contributed by atoms with Crippen molar-refractivity contribution in [3.05, 3.63) is 42.2 Å². The van der Waals surface area contributed by atoms with Crippen molar-refractivity contribution in [2.75, 3.05) is 17.2 Å². The fourth-order valence-corrected chi connectivity index (χ4v) is 2.47. The number of aromatic nitrogens is 4. The van der Waals surface area contributed by atoms with Crippen LogP contribution in [0.2, 0.25) is 0 Å². The second-order valence-corrected chi connectivity index (χ2v) is 6.58. The molecule has 0 aliphatic heterocycles. The minimum atomic E-state index is -0.0582. The number of anilines is 2. The number of hydrogen-bond acceptors (Lipinski definition) is 5. The van der Waals surface area contributed by atoms with Crippen LogP contribution in [0.3, 0.4) is 0 Å². The van der Waals surface area contributed by atoms with Crippen LogP contribution in [0.5, 0.6) is 0 Å². The summed E-state index contributed by atoms with van der Waals surface area (Å²) in [6.45, 7) is 7.00. The van der Waals surface area contributed by atoms with Crippen molar-refractivity contribution in [1.82, 2.24) is 20.2 Å². The number of benzene rings is 1. The molecule has 2 heterocycles. The number of fused-ring (bicyclic) bond motifs is 1. The Kier molecular flexibility index (Phi) is 4.14. The maximum Gasteiger partial charge on any atom is 0.244 e. The van der Waals surface area contributed by atoms with Gasteiger partial charge in [-0.25, -0.2) is 0 Å². The van der Waals surface area contributed by atoms with Gasteiger partial charge in [0.15, 0.2) is 5.82 Å². The molecule has 0 radical (unpaired) electrons. The van der Waals surface area contributed by atoms with Crippen molar-refractivity contribution in [2.45, 2.75) is 32.7 Å². The first-order valence-electron chi connectivity index (χ1n) is 7.78. The summed E-state index contributed by atoms with van der Waals surface area (Å²) in [5, 5.41) is 15.8. The summed E-state index contributed by atoms with van der Waals surface area (Å²) in [5.74, 6) is 1.26. The molecular formula is C17H22N6. The monoisotopic (exact) mass is 310 g/mol. The molecule has 0 saturated carbocycles. The number of H-pyrrole nitrogens is 1. The zero-order valence-electron chi connectivity index (χ0n) is 13.7. The van der Waals surface area contributed by atoms with Crippen LogP contribution in [0.15, 0.2) is 36.7 Å². The van der Waals surface area contributed by atoms with E-state index in [9.17, 15) is 0 Å². The van der Waals surface area contributed by atoms with Gasteiger partial charge in [-0.05, 0) is 38.8 Å². The highest BCUT2D eigenvalue weighted by Gasteiger charge is 2.11. The number of aromatic amines is 1. The van der Waals surface area contributed by atoms with Gasteiger partial charge in [0.1, 0.15) is 0 Å². The zero-order valence-corrected chi connectivity index (χ0v) is 13.7. The topological polar surface area (TPSA) is 78.5 Å². The van der Waals surface area contributed by atoms with E-state index in [0.717, 1.165) is 24.3 Å². The normalized spacial score (nSPS) is 11.6. The van der Waals surface area contributed by atoms with E-state index in [1.54, 1.807) is 6.20 Å². The van der Waals surface area contributed by atoms with Gasteiger partial charge in [0.25, 0.3) is 0 Å². The average Bonchev–Trinajstić information content (AvgIpc) is 2.89. The van der Waals surface area contributed by atoms with E-state index < -0.39 is 0 Å². The van der Waals surface area contributed by atoms with Gasteiger partial charge in [-0.2, -0.15) is 10.1 Å². The molecule has 6 nitrogen and oxygen atoms in total. The van der Waals surface area contributed by atoms with Gasteiger partial charge in [-0.1, -0.05) is 18.2 Å². The molecule has 0 unspecified atom stereocenters. The Morgan fingerprint density at radius 2 is 2.00 bits per heavy atom. The van der Waals surface area contributed by atoms with Gasteiger partial charge in [0.05, 0.1) is 6.20 Å². The Bertz CT molecular complexity index is 787. The molecule has 0 amide bonds. The van der Waals surface area contributed by atoms with Crippen LogP contribution >= 0.6 is 0 Å². The van der Waals surface area contributed by atoms with Crippen LogP contribution in [0, 0.1) is 0 Å². The average molecular weight is 310 g/mol. The quantitative estimate of drug-likeness (QED) is 0.674. The first-order chi connectivity index (χ1) is 11.0. The molecule has 2 aromatic heterocycles. The summed E-state index contributed by atoms with van der Waals surface area (Å²) < 4.78 is 0. The molecule has 23 heavy (non-hydrogen) atoms. The minimum Gasteiger partial charge on any atom is -0.364 e. The molecule has 3 rings (SSSR count). The molecule has 0 aliphatic carbocycles. The summed E-state index contributed by atoms with van der Waals surface area (Å²) in [4.78, 5) is 7.73. The Balaban J connectivity index is 1.61. The fourth-order valence-electron chi connectivity index (χ4n) is 2.47. The molecule has 0 bridgehead atoms. The molecule has 3 N–H and O–H groups in total. The van der Waals surface area contributed by atoms with Gasteiger partial charge < -0.3 is 15.6 Å². The molecule has 0 atom stereocenters. The van der Waals surface area contributed by atoms with Crippen molar-refractivity contribution in [3.63, 3.8) is 0 Å². The van der Waals surface area contributed by atoms with E-state index in [2.05, 4.69) is 76.0 Å². The predicted molar refractivity (Wildman–Crippen MR) is 93.7 cm³/mol. The molecule has 0 spiro atoms. The first-order valence-corrected chi connectivity index (χ1v) is 7.78. The van der Waals surface area contributed by atoms with Crippen LogP contribution in [0.25, 0.3) is 10.9 Å². The highest BCUT2D eigenvalue weighted by molar-refractivity contribution is 5.83. The van der Waals surface area contributed by atoms with Crippen molar-refractivity contribution in [2.24, 2.45) is 0 Å². The summed E-state index contributed by atoms with van der Waals surface area (Å²) in [5.41, 5.74) is 2.39. The molecule has 0 fully saturated rings. The second-order valence-electron chi connectivity index (χ2n) is 6.58. The summed E-state index contributed by atoms with van der Waals surface area (Å²) in [6.07, 6.45) is 4.59. The van der Waals surface area contributed by atoms with E-state index in [1.165, 1.54) is 10.9 Å². The van der Waals surface area contributed by atoms with E-state index >= 15 is 0 Å². The van der Waals surface area contributed by atoms with Crippen LogP contribution in [0.4, 0.5) is 11.8 Å². The van der Waals surface area contributed by atoms with Crippen molar-refractivity contribution < 1.29 is 0 Å². The second kappa shape index (κ2) is 6.24. The lowest BCUT2D eigenvalue weighted by Crippen LogP contribution is -2.27.